The van der Waals surface area contributed by atoms with E-state index in [1.54, 1.807) is 25.3 Å². The molecule has 0 saturated carbocycles. The third-order valence-corrected chi connectivity index (χ3v) is 4.78. The first-order valence-electron chi connectivity index (χ1n) is 8.37. The van der Waals surface area contributed by atoms with Gasteiger partial charge in [-0.3, -0.25) is 0 Å². The number of hydrogen-bond donors (Lipinski definition) is 1. The Morgan fingerprint density at radius 3 is 2.96 bits per heavy atom. The van der Waals surface area contributed by atoms with Crippen LogP contribution in [-0.4, -0.2) is 33.3 Å². The van der Waals surface area contributed by atoms with Crippen LogP contribution in [0, 0.1) is 5.82 Å². The van der Waals surface area contributed by atoms with Gasteiger partial charge < -0.3 is 14.8 Å². The summed E-state index contributed by atoms with van der Waals surface area (Å²) < 4.78 is 26.9. The SMILES string of the molecule is C[C@H]1COC(=O)c2c(Br)nn3ccc(nc23)N[C@H](C)c2cc(F)ccc2O1. The van der Waals surface area contributed by atoms with Gasteiger partial charge in [-0.2, -0.15) is 5.10 Å². The van der Waals surface area contributed by atoms with Crippen molar-refractivity contribution in [1.29, 1.82) is 0 Å². The second kappa shape index (κ2) is 6.80. The Kier molecular flexibility index (Phi) is 4.47. The van der Waals surface area contributed by atoms with Gasteiger partial charge in [-0.05, 0) is 54.0 Å². The number of anilines is 1. The van der Waals surface area contributed by atoms with Gasteiger partial charge in [-0.15, -0.1) is 0 Å². The van der Waals surface area contributed by atoms with E-state index < -0.39 is 12.1 Å². The minimum absolute atomic E-state index is 0.0287. The lowest BCUT2D eigenvalue weighted by molar-refractivity contribution is 0.0340. The molecule has 2 bridgehead atoms. The Labute approximate surface area is 162 Å². The van der Waals surface area contributed by atoms with Crippen LogP contribution in [-0.2, 0) is 4.74 Å². The van der Waals surface area contributed by atoms with Crippen molar-refractivity contribution in [3.63, 3.8) is 0 Å². The van der Waals surface area contributed by atoms with Gasteiger partial charge in [-0.1, -0.05) is 0 Å². The molecule has 1 aliphatic heterocycles. The zero-order valence-corrected chi connectivity index (χ0v) is 16.2. The quantitative estimate of drug-likeness (QED) is 0.543. The molecule has 3 heterocycles. The van der Waals surface area contributed by atoms with Gasteiger partial charge in [0, 0.05) is 11.8 Å². The molecule has 0 spiro atoms. The number of carbonyl (C=O) groups excluding carboxylic acids is 1. The Bertz CT molecular complexity index is 1040. The molecule has 2 atom stereocenters. The topological polar surface area (TPSA) is 77.8 Å². The van der Waals surface area contributed by atoms with E-state index >= 15 is 0 Å². The lowest BCUT2D eigenvalue weighted by Gasteiger charge is -2.21. The van der Waals surface area contributed by atoms with E-state index in [1.807, 2.05) is 6.92 Å². The second-order valence-corrected chi connectivity index (χ2v) is 7.07. The summed E-state index contributed by atoms with van der Waals surface area (Å²) >= 11 is 3.29. The van der Waals surface area contributed by atoms with Gasteiger partial charge in [0.2, 0.25) is 0 Å². The average molecular weight is 435 g/mol. The van der Waals surface area contributed by atoms with E-state index in [4.69, 9.17) is 9.47 Å². The van der Waals surface area contributed by atoms with Crippen LogP contribution in [0.3, 0.4) is 0 Å². The number of esters is 1. The van der Waals surface area contributed by atoms with Gasteiger partial charge in [0.25, 0.3) is 0 Å². The molecule has 0 fully saturated rings. The van der Waals surface area contributed by atoms with Crippen LogP contribution in [0.5, 0.6) is 5.75 Å². The predicted molar refractivity (Wildman–Crippen MR) is 99.5 cm³/mol. The van der Waals surface area contributed by atoms with Crippen molar-refractivity contribution in [3.05, 3.63) is 52.0 Å². The highest BCUT2D eigenvalue weighted by atomic mass is 79.9. The number of aromatic nitrogens is 3. The van der Waals surface area contributed by atoms with Crippen molar-refractivity contribution >= 4 is 33.4 Å². The molecule has 0 aliphatic carbocycles. The highest BCUT2D eigenvalue weighted by Gasteiger charge is 2.24. The van der Waals surface area contributed by atoms with E-state index in [1.165, 1.54) is 16.6 Å². The van der Waals surface area contributed by atoms with Crippen LogP contribution in [0.2, 0.25) is 0 Å². The summed E-state index contributed by atoms with van der Waals surface area (Å²) in [5.74, 6) is 0.117. The summed E-state index contributed by atoms with van der Waals surface area (Å²) in [6.07, 6.45) is 1.26. The smallest absolute Gasteiger partial charge is 0.345 e. The predicted octanol–water partition coefficient (Wildman–Crippen LogP) is 3.74. The summed E-state index contributed by atoms with van der Waals surface area (Å²) in [7, 11) is 0. The number of carbonyl (C=O) groups is 1. The van der Waals surface area contributed by atoms with Crippen LogP contribution in [0.25, 0.3) is 5.65 Å². The van der Waals surface area contributed by atoms with Gasteiger partial charge in [0.1, 0.15) is 40.3 Å². The first-order valence-corrected chi connectivity index (χ1v) is 9.16. The third-order valence-electron chi connectivity index (χ3n) is 4.23. The van der Waals surface area contributed by atoms with Gasteiger partial charge in [-0.25, -0.2) is 18.7 Å². The van der Waals surface area contributed by atoms with Crippen molar-refractivity contribution in [2.45, 2.75) is 26.0 Å². The second-order valence-electron chi connectivity index (χ2n) is 6.32. The molecular weight excluding hydrogens is 419 g/mol. The fourth-order valence-corrected chi connectivity index (χ4v) is 3.45. The zero-order chi connectivity index (χ0) is 19.1. The summed E-state index contributed by atoms with van der Waals surface area (Å²) in [5, 5.41) is 7.45. The molecular formula is C18H16BrFN4O3. The lowest BCUT2D eigenvalue weighted by atomic mass is 10.1. The minimum Gasteiger partial charge on any atom is -0.487 e. The first kappa shape index (κ1) is 17.7. The molecule has 7 nitrogen and oxygen atoms in total. The molecule has 4 rings (SSSR count). The highest BCUT2D eigenvalue weighted by Crippen LogP contribution is 2.30. The van der Waals surface area contributed by atoms with Crippen molar-refractivity contribution in [2.75, 3.05) is 11.9 Å². The van der Waals surface area contributed by atoms with E-state index in [0.29, 0.717) is 27.4 Å². The Morgan fingerprint density at radius 2 is 2.15 bits per heavy atom. The summed E-state index contributed by atoms with van der Waals surface area (Å²) in [4.78, 5) is 17.0. The molecule has 1 N–H and O–H groups in total. The van der Waals surface area contributed by atoms with Crippen molar-refractivity contribution < 1.29 is 18.7 Å². The number of rotatable bonds is 0. The molecule has 0 radical (unpaired) electrons. The standard InChI is InChI=1S/C18H16BrFN4O3/c1-9-8-26-18(25)15-16(19)23-24-6-5-14(22-17(15)24)21-10(2)12-7-11(20)3-4-13(12)27-9/h3-7,9-10H,8H2,1-2H3,(H,21,22)/t9-,10+/m0/s1. The Balaban J connectivity index is 1.84. The van der Waals surface area contributed by atoms with Gasteiger partial charge >= 0.3 is 5.97 Å². The molecule has 140 valence electrons. The van der Waals surface area contributed by atoms with E-state index in [2.05, 4.69) is 31.3 Å². The Morgan fingerprint density at radius 1 is 1.33 bits per heavy atom. The maximum atomic E-state index is 13.8. The van der Waals surface area contributed by atoms with Crippen molar-refractivity contribution in [1.82, 2.24) is 14.6 Å². The fraction of sp³-hybridized carbons (Fsp3) is 0.278. The van der Waals surface area contributed by atoms with E-state index in [-0.39, 0.29) is 24.0 Å². The number of benzene rings is 1. The van der Waals surface area contributed by atoms with Crippen molar-refractivity contribution in [3.8, 4) is 5.75 Å². The number of nitrogens with one attached hydrogen (secondary N) is 1. The van der Waals surface area contributed by atoms with Crippen molar-refractivity contribution in [2.24, 2.45) is 0 Å². The van der Waals surface area contributed by atoms with Crippen LogP contribution < -0.4 is 10.1 Å². The number of halogens is 2. The molecule has 3 aromatic rings. The van der Waals surface area contributed by atoms with Crippen LogP contribution in [0.1, 0.15) is 35.8 Å². The molecule has 0 amide bonds. The monoisotopic (exact) mass is 434 g/mol. The van der Waals surface area contributed by atoms with E-state index in [0.717, 1.165) is 0 Å². The molecule has 27 heavy (non-hydrogen) atoms. The number of ether oxygens (including phenoxy) is 2. The van der Waals surface area contributed by atoms with E-state index in [9.17, 15) is 9.18 Å². The highest BCUT2D eigenvalue weighted by molar-refractivity contribution is 9.10. The summed E-state index contributed by atoms with van der Waals surface area (Å²) in [6, 6.07) is 5.76. The molecule has 2 aromatic heterocycles. The fourth-order valence-electron chi connectivity index (χ4n) is 2.94. The minimum atomic E-state index is -0.552. The largest absolute Gasteiger partial charge is 0.487 e. The molecule has 1 aliphatic rings. The average Bonchev–Trinajstić information content (AvgIpc) is 2.95. The number of cyclic esters (lactones) is 1. The number of hydrogen-bond acceptors (Lipinski definition) is 6. The van der Waals surface area contributed by atoms with Gasteiger partial charge in [0.05, 0.1) is 6.04 Å². The third kappa shape index (κ3) is 3.34. The normalized spacial score (nSPS) is 19.9. The zero-order valence-electron chi connectivity index (χ0n) is 14.6. The number of fused-ring (bicyclic) bond motifs is 2. The Hall–Kier alpha value is -2.68. The lowest BCUT2D eigenvalue weighted by Crippen LogP contribution is -2.22. The maximum absolute atomic E-state index is 13.8. The molecule has 0 saturated heterocycles. The van der Waals surface area contributed by atoms with Crippen LogP contribution in [0.15, 0.2) is 35.1 Å². The molecule has 9 heteroatoms. The van der Waals surface area contributed by atoms with Crippen LogP contribution >= 0.6 is 15.9 Å². The van der Waals surface area contributed by atoms with Gasteiger partial charge in [0.15, 0.2) is 5.65 Å². The summed E-state index contributed by atoms with van der Waals surface area (Å²) in [5.41, 5.74) is 1.24. The summed E-state index contributed by atoms with van der Waals surface area (Å²) in [6.45, 7) is 3.69. The first-order chi connectivity index (χ1) is 12.9. The molecule has 1 aromatic carbocycles. The van der Waals surface area contributed by atoms with Crippen LogP contribution in [0.4, 0.5) is 10.2 Å². The maximum Gasteiger partial charge on any atom is 0.345 e. The molecule has 0 unspecified atom stereocenters. The number of nitrogens with zero attached hydrogens (tertiary/aromatic N) is 3.